The molecule has 2 heteroatoms. The molecule has 0 bridgehead atoms. The van der Waals surface area contributed by atoms with E-state index in [1.54, 1.807) is 0 Å². The molecule has 0 aromatic carbocycles. The minimum Gasteiger partial charge on any atom is -0.290 e. The van der Waals surface area contributed by atoms with Gasteiger partial charge in [-0.3, -0.25) is 10.3 Å². The lowest BCUT2D eigenvalue weighted by molar-refractivity contribution is 0.586. The van der Waals surface area contributed by atoms with Gasteiger partial charge < -0.3 is 0 Å². The van der Waals surface area contributed by atoms with Crippen LogP contribution in [-0.2, 0) is 0 Å². The largest absolute Gasteiger partial charge is 0.290 e. The minimum absolute atomic E-state index is 0.412. The molecule has 0 aromatic rings. The quantitative estimate of drug-likeness (QED) is 0.532. The first-order valence-corrected chi connectivity index (χ1v) is 3.09. The summed E-state index contributed by atoms with van der Waals surface area (Å²) in [6.45, 7) is 5.18. The molecule has 46 valence electrons. The Morgan fingerprint density at radius 2 is 2.62 bits per heavy atom. The van der Waals surface area contributed by atoms with E-state index in [9.17, 15) is 0 Å². The van der Waals surface area contributed by atoms with Crippen LogP contribution in [0, 0.1) is 0 Å². The molecule has 1 unspecified atom stereocenters. The topological polar surface area (TPSA) is 24.4 Å². The number of hydrogen-bond acceptors (Lipinski definition) is 2. The summed E-state index contributed by atoms with van der Waals surface area (Å²) < 4.78 is 0. The third-order valence-electron chi connectivity index (χ3n) is 1.36. The molecule has 0 saturated heterocycles. The van der Waals surface area contributed by atoms with E-state index in [0.717, 1.165) is 13.0 Å². The molecule has 0 aliphatic carbocycles. The van der Waals surface area contributed by atoms with Gasteiger partial charge in [-0.25, -0.2) is 0 Å². The molecular weight excluding hydrogens is 100 g/mol. The Kier molecular flexibility index (Phi) is 1.63. The van der Waals surface area contributed by atoms with Crippen molar-refractivity contribution in [2.75, 3.05) is 6.54 Å². The van der Waals surface area contributed by atoms with Crippen molar-refractivity contribution in [3.8, 4) is 0 Å². The van der Waals surface area contributed by atoms with Crippen LogP contribution in [0.5, 0.6) is 0 Å². The van der Waals surface area contributed by atoms with Gasteiger partial charge in [-0.05, 0) is 13.3 Å². The third kappa shape index (κ3) is 1.07. The molecule has 1 rings (SSSR count). The second-order valence-electron chi connectivity index (χ2n) is 2.17. The first-order valence-electron chi connectivity index (χ1n) is 3.09. The van der Waals surface area contributed by atoms with Gasteiger partial charge in [0.2, 0.25) is 0 Å². The highest BCUT2D eigenvalue weighted by atomic mass is 15.1. The highest BCUT2D eigenvalue weighted by Crippen LogP contribution is 1.98. The standard InChI is InChI=1S/C6H12N2/c1-3-6-7-4-5(2)8-6/h6-7H,3-4H2,1-2H3. The fourth-order valence-electron chi connectivity index (χ4n) is 0.858. The second kappa shape index (κ2) is 2.27. The summed E-state index contributed by atoms with van der Waals surface area (Å²) in [5.41, 5.74) is 1.23. The lowest BCUT2D eigenvalue weighted by atomic mass is 10.4. The second-order valence-corrected chi connectivity index (χ2v) is 2.17. The Labute approximate surface area is 50.0 Å². The monoisotopic (exact) mass is 112 g/mol. The number of rotatable bonds is 1. The van der Waals surface area contributed by atoms with Crippen LogP contribution >= 0.6 is 0 Å². The maximum absolute atomic E-state index is 4.31. The van der Waals surface area contributed by atoms with Crippen molar-refractivity contribution in [1.29, 1.82) is 0 Å². The van der Waals surface area contributed by atoms with E-state index in [1.807, 2.05) is 0 Å². The van der Waals surface area contributed by atoms with Gasteiger partial charge in [0.25, 0.3) is 0 Å². The van der Waals surface area contributed by atoms with Gasteiger partial charge in [-0.2, -0.15) is 0 Å². The fraction of sp³-hybridized carbons (Fsp3) is 0.833. The van der Waals surface area contributed by atoms with Gasteiger partial charge in [0.05, 0.1) is 6.17 Å². The number of nitrogens with zero attached hydrogens (tertiary/aromatic N) is 1. The van der Waals surface area contributed by atoms with Crippen molar-refractivity contribution in [3.05, 3.63) is 0 Å². The smallest absolute Gasteiger partial charge is 0.0994 e. The van der Waals surface area contributed by atoms with Crippen LogP contribution in [0.2, 0.25) is 0 Å². The van der Waals surface area contributed by atoms with Gasteiger partial charge in [0.15, 0.2) is 0 Å². The Morgan fingerprint density at radius 3 is 2.88 bits per heavy atom. The van der Waals surface area contributed by atoms with Crippen LogP contribution in [0.1, 0.15) is 20.3 Å². The van der Waals surface area contributed by atoms with Gasteiger partial charge in [0.1, 0.15) is 0 Å². The molecule has 1 heterocycles. The summed E-state index contributed by atoms with van der Waals surface area (Å²) in [4.78, 5) is 4.31. The first-order chi connectivity index (χ1) is 3.83. The van der Waals surface area contributed by atoms with Crippen molar-refractivity contribution in [1.82, 2.24) is 5.32 Å². The van der Waals surface area contributed by atoms with E-state index in [-0.39, 0.29) is 0 Å². The molecule has 8 heavy (non-hydrogen) atoms. The van der Waals surface area contributed by atoms with Crippen LogP contribution in [0.25, 0.3) is 0 Å². The molecule has 0 aromatic heterocycles. The highest BCUT2D eigenvalue weighted by Gasteiger charge is 2.09. The molecule has 0 radical (unpaired) electrons. The fourth-order valence-corrected chi connectivity index (χ4v) is 0.858. The van der Waals surface area contributed by atoms with E-state index >= 15 is 0 Å². The van der Waals surface area contributed by atoms with E-state index < -0.39 is 0 Å². The predicted molar refractivity (Wildman–Crippen MR) is 35.2 cm³/mol. The van der Waals surface area contributed by atoms with Crippen molar-refractivity contribution in [3.63, 3.8) is 0 Å². The summed E-state index contributed by atoms with van der Waals surface area (Å²) in [7, 11) is 0. The SMILES string of the molecule is CCC1N=C(C)CN1. The zero-order valence-electron chi connectivity index (χ0n) is 5.44. The molecular formula is C6H12N2. The van der Waals surface area contributed by atoms with Crippen LogP contribution in [0.4, 0.5) is 0 Å². The summed E-state index contributed by atoms with van der Waals surface area (Å²) in [6, 6.07) is 0. The Hall–Kier alpha value is -0.370. The van der Waals surface area contributed by atoms with Gasteiger partial charge in [0, 0.05) is 12.3 Å². The molecule has 1 aliphatic rings. The zero-order valence-corrected chi connectivity index (χ0v) is 5.44. The molecule has 1 N–H and O–H groups in total. The minimum atomic E-state index is 0.412. The number of aliphatic imine (C=N–C) groups is 1. The summed E-state index contributed by atoms with van der Waals surface area (Å²) in [5, 5.41) is 3.25. The molecule has 0 amide bonds. The Morgan fingerprint density at radius 1 is 1.88 bits per heavy atom. The van der Waals surface area contributed by atoms with Crippen molar-refractivity contribution < 1.29 is 0 Å². The average Bonchev–Trinajstić information content (AvgIpc) is 2.14. The number of hydrogen-bond donors (Lipinski definition) is 1. The molecule has 0 fully saturated rings. The zero-order chi connectivity index (χ0) is 5.98. The lowest BCUT2D eigenvalue weighted by Gasteiger charge is -1.99. The van der Waals surface area contributed by atoms with E-state index in [2.05, 4.69) is 24.2 Å². The highest BCUT2D eigenvalue weighted by molar-refractivity contribution is 5.85. The first kappa shape index (κ1) is 5.76. The van der Waals surface area contributed by atoms with E-state index in [0.29, 0.717) is 6.17 Å². The van der Waals surface area contributed by atoms with E-state index in [4.69, 9.17) is 0 Å². The lowest BCUT2D eigenvalue weighted by Crippen LogP contribution is -2.21. The van der Waals surface area contributed by atoms with Gasteiger partial charge >= 0.3 is 0 Å². The van der Waals surface area contributed by atoms with Crippen molar-refractivity contribution in [2.24, 2.45) is 4.99 Å². The summed E-state index contributed by atoms with van der Waals surface area (Å²) in [6.07, 6.45) is 1.52. The van der Waals surface area contributed by atoms with Gasteiger partial charge in [-0.1, -0.05) is 6.92 Å². The molecule has 1 aliphatic heterocycles. The molecule has 2 nitrogen and oxygen atoms in total. The van der Waals surface area contributed by atoms with Crippen LogP contribution in [0.15, 0.2) is 4.99 Å². The molecule has 0 spiro atoms. The predicted octanol–water partition coefficient (Wildman–Crippen LogP) is 0.787. The van der Waals surface area contributed by atoms with E-state index in [1.165, 1.54) is 5.71 Å². The molecule has 0 saturated carbocycles. The summed E-state index contributed by atoms with van der Waals surface area (Å²) in [5.74, 6) is 0. The van der Waals surface area contributed by atoms with Crippen molar-refractivity contribution >= 4 is 5.71 Å². The maximum atomic E-state index is 4.31. The Bertz CT molecular complexity index is 107. The van der Waals surface area contributed by atoms with Crippen molar-refractivity contribution in [2.45, 2.75) is 26.4 Å². The third-order valence-corrected chi connectivity index (χ3v) is 1.36. The van der Waals surface area contributed by atoms with Gasteiger partial charge in [-0.15, -0.1) is 0 Å². The Balaban J connectivity index is 2.41. The average molecular weight is 112 g/mol. The number of nitrogens with one attached hydrogen (secondary N) is 1. The maximum Gasteiger partial charge on any atom is 0.0994 e. The van der Waals surface area contributed by atoms with Crippen LogP contribution in [-0.4, -0.2) is 18.4 Å². The van der Waals surface area contributed by atoms with Crippen LogP contribution in [0.3, 0.4) is 0 Å². The normalized spacial score (nSPS) is 28.2. The van der Waals surface area contributed by atoms with Crippen LogP contribution < -0.4 is 5.32 Å². The molecule has 1 atom stereocenters. The summed E-state index contributed by atoms with van der Waals surface area (Å²) >= 11 is 0.